The zero-order valence-corrected chi connectivity index (χ0v) is 13.1. The molecule has 0 spiro atoms. The van der Waals surface area contributed by atoms with Gasteiger partial charge in [-0.3, -0.25) is 0 Å². The number of para-hydroxylation sites is 1. The van der Waals surface area contributed by atoms with Crippen molar-refractivity contribution in [2.75, 3.05) is 5.32 Å². The van der Waals surface area contributed by atoms with E-state index in [2.05, 4.69) is 37.1 Å². The van der Waals surface area contributed by atoms with E-state index in [4.69, 9.17) is 11.6 Å². The minimum absolute atomic E-state index is 0.415. The second-order valence-corrected chi connectivity index (χ2v) is 6.03. The monoisotopic (exact) mass is 291 g/mol. The Hall–Kier alpha value is -1.48. The summed E-state index contributed by atoms with van der Waals surface area (Å²) in [5.41, 5.74) is 2.01. The zero-order chi connectivity index (χ0) is 14.5. The average molecular weight is 292 g/mol. The van der Waals surface area contributed by atoms with Crippen LogP contribution in [-0.4, -0.2) is 15.6 Å². The SMILES string of the molecule is CC(C)CCC(C)Nc1cccc(Cl)c1-n1ccnc1. The summed E-state index contributed by atoms with van der Waals surface area (Å²) < 4.78 is 1.94. The number of imidazole rings is 1. The number of nitrogens with one attached hydrogen (secondary N) is 1. The molecule has 0 radical (unpaired) electrons. The third-order valence-corrected chi connectivity index (χ3v) is 3.63. The molecule has 20 heavy (non-hydrogen) atoms. The van der Waals surface area contributed by atoms with Crippen molar-refractivity contribution in [1.82, 2.24) is 9.55 Å². The predicted octanol–water partition coefficient (Wildman–Crippen LogP) is 4.76. The van der Waals surface area contributed by atoms with Crippen LogP contribution in [-0.2, 0) is 0 Å². The molecule has 1 unspecified atom stereocenters. The van der Waals surface area contributed by atoms with Crippen molar-refractivity contribution in [2.24, 2.45) is 5.92 Å². The first-order chi connectivity index (χ1) is 9.58. The van der Waals surface area contributed by atoms with Gasteiger partial charge in [0.25, 0.3) is 0 Å². The van der Waals surface area contributed by atoms with Crippen molar-refractivity contribution in [3.05, 3.63) is 41.9 Å². The molecule has 0 saturated carbocycles. The second-order valence-electron chi connectivity index (χ2n) is 5.62. The van der Waals surface area contributed by atoms with Gasteiger partial charge in [0.15, 0.2) is 0 Å². The first kappa shape index (κ1) is 14.9. The number of rotatable bonds is 6. The fraction of sp³-hybridized carbons (Fsp3) is 0.438. The molecule has 1 aromatic carbocycles. The third-order valence-electron chi connectivity index (χ3n) is 3.33. The number of anilines is 1. The molecular formula is C16H22ClN3. The molecule has 1 atom stereocenters. The van der Waals surface area contributed by atoms with E-state index in [0.29, 0.717) is 6.04 Å². The maximum absolute atomic E-state index is 6.34. The van der Waals surface area contributed by atoms with Gasteiger partial charge in [-0.05, 0) is 37.8 Å². The lowest BCUT2D eigenvalue weighted by Crippen LogP contribution is -2.17. The largest absolute Gasteiger partial charge is 0.381 e. The Morgan fingerprint density at radius 1 is 1.25 bits per heavy atom. The van der Waals surface area contributed by atoms with Crippen LogP contribution in [0.1, 0.15) is 33.6 Å². The summed E-state index contributed by atoms with van der Waals surface area (Å²) >= 11 is 6.34. The minimum atomic E-state index is 0.415. The number of benzene rings is 1. The maximum atomic E-state index is 6.34. The summed E-state index contributed by atoms with van der Waals surface area (Å²) in [7, 11) is 0. The smallest absolute Gasteiger partial charge is 0.0992 e. The molecular weight excluding hydrogens is 270 g/mol. The molecule has 2 aromatic rings. The van der Waals surface area contributed by atoms with E-state index in [9.17, 15) is 0 Å². The van der Waals surface area contributed by atoms with Gasteiger partial charge in [0.1, 0.15) is 0 Å². The van der Waals surface area contributed by atoms with Gasteiger partial charge in [0.2, 0.25) is 0 Å². The molecule has 0 amide bonds. The Labute approximate surface area is 126 Å². The molecule has 0 fully saturated rings. The molecule has 0 saturated heterocycles. The van der Waals surface area contributed by atoms with Crippen molar-refractivity contribution in [1.29, 1.82) is 0 Å². The molecule has 3 nitrogen and oxygen atoms in total. The lowest BCUT2D eigenvalue weighted by molar-refractivity contribution is 0.527. The van der Waals surface area contributed by atoms with Crippen molar-refractivity contribution >= 4 is 17.3 Å². The first-order valence-electron chi connectivity index (χ1n) is 7.11. The van der Waals surface area contributed by atoms with E-state index >= 15 is 0 Å². The Bertz CT molecular complexity index is 535. The maximum Gasteiger partial charge on any atom is 0.0992 e. The first-order valence-corrected chi connectivity index (χ1v) is 7.49. The molecule has 1 heterocycles. The topological polar surface area (TPSA) is 29.9 Å². The molecule has 0 aliphatic carbocycles. The quantitative estimate of drug-likeness (QED) is 0.831. The molecule has 0 aliphatic rings. The van der Waals surface area contributed by atoms with E-state index in [1.807, 2.05) is 22.9 Å². The second kappa shape index (κ2) is 6.80. The highest BCUT2D eigenvalue weighted by atomic mass is 35.5. The highest BCUT2D eigenvalue weighted by Gasteiger charge is 2.11. The van der Waals surface area contributed by atoms with Crippen molar-refractivity contribution < 1.29 is 0 Å². The summed E-state index contributed by atoms with van der Waals surface area (Å²) in [6.45, 7) is 6.72. The summed E-state index contributed by atoms with van der Waals surface area (Å²) in [5.74, 6) is 0.728. The van der Waals surface area contributed by atoms with Gasteiger partial charge in [-0.1, -0.05) is 31.5 Å². The van der Waals surface area contributed by atoms with E-state index in [1.54, 1.807) is 12.5 Å². The molecule has 1 aromatic heterocycles. The van der Waals surface area contributed by atoms with Crippen molar-refractivity contribution in [3.63, 3.8) is 0 Å². The van der Waals surface area contributed by atoms with E-state index in [-0.39, 0.29) is 0 Å². The highest BCUT2D eigenvalue weighted by molar-refractivity contribution is 6.33. The number of halogens is 1. The standard InChI is InChI=1S/C16H22ClN3/c1-12(2)7-8-13(3)19-15-6-4-5-14(17)16(15)20-10-9-18-11-20/h4-6,9-13,19H,7-8H2,1-3H3. The number of hydrogen-bond donors (Lipinski definition) is 1. The van der Waals surface area contributed by atoms with Gasteiger partial charge in [-0.2, -0.15) is 0 Å². The fourth-order valence-corrected chi connectivity index (χ4v) is 2.48. The van der Waals surface area contributed by atoms with Gasteiger partial charge in [-0.25, -0.2) is 4.98 Å². The van der Waals surface area contributed by atoms with Gasteiger partial charge in [0, 0.05) is 18.4 Å². The summed E-state index contributed by atoms with van der Waals surface area (Å²) in [6, 6.07) is 6.35. The molecule has 0 bridgehead atoms. The van der Waals surface area contributed by atoms with Crippen LogP contribution in [0.4, 0.5) is 5.69 Å². The molecule has 4 heteroatoms. The predicted molar refractivity (Wildman–Crippen MR) is 85.7 cm³/mol. The van der Waals surface area contributed by atoms with E-state index in [0.717, 1.165) is 28.7 Å². The Morgan fingerprint density at radius 3 is 2.70 bits per heavy atom. The summed E-state index contributed by atoms with van der Waals surface area (Å²) in [5, 5.41) is 4.29. The minimum Gasteiger partial charge on any atom is -0.381 e. The van der Waals surface area contributed by atoms with Gasteiger partial charge in [-0.15, -0.1) is 0 Å². The van der Waals surface area contributed by atoms with Crippen LogP contribution in [0, 0.1) is 5.92 Å². The highest BCUT2D eigenvalue weighted by Crippen LogP contribution is 2.29. The number of nitrogens with zero attached hydrogens (tertiary/aromatic N) is 2. The van der Waals surface area contributed by atoms with Crippen molar-refractivity contribution in [2.45, 2.75) is 39.7 Å². The number of aromatic nitrogens is 2. The lowest BCUT2D eigenvalue weighted by Gasteiger charge is -2.20. The molecule has 0 aliphatic heterocycles. The van der Waals surface area contributed by atoms with Crippen LogP contribution in [0.25, 0.3) is 5.69 Å². The van der Waals surface area contributed by atoms with Crippen LogP contribution in [0.15, 0.2) is 36.9 Å². The normalized spacial score (nSPS) is 12.7. The van der Waals surface area contributed by atoms with Gasteiger partial charge in [0.05, 0.1) is 22.7 Å². The Balaban J connectivity index is 2.18. The van der Waals surface area contributed by atoms with Crippen LogP contribution in [0.3, 0.4) is 0 Å². The van der Waals surface area contributed by atoms with Crippen LogP contribution in [0.5, 0.6) is 0 Å². The van der Waals surface area contributed by atoms with Gasteiger partial charge >= 0.3 is 0 Å². The average Bonchev–Trinajstić information content (AvgIpc) is 2.90. The molecule has 1 N–H and O–H groups in total. The van der Waals surface area contributed by atoms with Gasteiger partial charge < -0.3 is 9.88 Å². The fourth-order valence-electron chi connectivity index (χ4n) is 2.21. The number of hydrogen-bond acceptors (Lipinski definition) is 2. The third kappa shape index (κ3) is 3.76. The Morgan fingerprint density at radius 2 is 2.05 bits per heavy atom. The van der Waals surface area contributed by atoms with Crippen molar-refractivity contribution in [3.8, 4) is 5.69 Å². The lowest BCUT2D eigenvalue weighted by atomic mass is 10.0. The van der Waals surface area contributed by atoms with E-state index in [1.165, 1.54) is 6.42 Å². The van der Waals surface area contributed by atoms with Crippen LogP contribution >= 0.6 is 11.6 Å². The summed E-state index contributed by atoms with van der Waals surface area (Å²) in [6.07, 6.45) is 7.80. The zero-order valence-electron chi connectivity index (χ0n) is 12.3. The van der Waals surface area contributed by atoms with E-state index < -0.39 is 0 Å². The van der Waals surface area contributed by atoms with Crippen LogP contribution in [0.2, 0.25) is 5.02 Å². The molecule has 108 valence electrons. The van der Waals surface area contributed by atoms with Crippen LogP contribution < -0.4 is 5.32 Å². The molecule has 2 rings (SSSR count). The Kier molecular flexibility index (Phi) is 5.07. The summed E-state index contributed by atoms with van der Waals surface area (Å²) in [4.78, 5) is 4.10.